The van der Waals surface area contributed by atoms with Gasteiger partial charge >= 0.3 is 6.09 Å². The third kappa shape index (κ3) is 4.63. The molecule has 34 heavy (non-hydrogen) atoms. The van der Waals surface area contributed by atoms with Gasteiger partial charge < -0.3 is 19.9 Å². The van der Waals surface area contributed by atoms with E-state index in [0.717, 1.165) is 22.6 Å². The minimum Gasteiger partial charge on any atom is -0.444 e. The molecule has 2 aromatic carbocycles. The monoisotopic (exact) mass is 503 g/mol. The first-order valence-electron chi connectivity index (χ1n) is 10.6. The van der Waals surface area contributed by atoms with Crippen LogP contribution in [-0.4, -0.2) is 45.8 Å². The maximum absolute atomic E-state index is 15.1. The lowest BCUT2D eigenvalue weighted by Gasteiger charge is -2.24. The minimum atomic E-state index is -0.548. The Kier molecular flexibility index (Phi) is 7.28. The molecular weight excluding hydrogens is 473 g/mol. The molecule has 2 N–H and O–H groups in total. The molecule has 3 aromatic rings. The van der Waals surface area contributed by atoms with Crippen LogP contribution in [0.1, 0.15) is 45.0 Å². The first kappa shape index (κ1) is 26.0. The number of thioether (sulfide) groups is 1. The smallest absolute Gasteiger partial charge is 0.410 e. The summed E-state index contributed by atoms with van der Waals surface area (Å²) in [7, 11) is 0. The van der Waals surface area contributed by atoms with Gasteiger partial charge in [-0.2, -0.15) is 13.5 Å². The number of halogens is 1. The van der Waals surface area contributed by atoms with E-state index in [2.05, 4.69) is 10.3 Å². The fourth-order valence-electron chi connectivity index (χ4n) is 4.31. The van der Waals surface area contributed by atoms with Crippen molar-refractivity contribution in [1.29, 1.82) is 0 Å². The van der Waals surface area contributed by atoms with Crippen LogP contribution in [0.25, 0.3) is 22.0 Å². The number of nitrogens with zero attached hydrogens (tertiary/aromatic N) is 1. The maximum Gasteiger partial charge on any atom is 0.410 e. The predicted octanol–water partition coefficient (Wildman–Crippen LogP) is 6.39. The highest BCUT2D eigenvalue weighted by molar-refractivity contribution is 8.00. The number of carbonyl (C=O) groups is 2. The summed E-state index contributed by atoms with van der Waals surface area (Å²) in [4.78, 5) is 30.8. The molecule has 2 aliphatic heterocycles. The number of H-pyrrole nitrogens is 1. The van der Waals surface area contributed by atoms with Crippen LogP contribution < -0.4 is 5.32 Å². The van der Waals surface area contributed by atoms with Crippen molar-refractivity contribution in [2.75, 3.05) is 18.4 Å². The molecule has 0 unspecified atom stereocenters. The number of ether oxygens (including phenoxy) is 1. The van der Waals surface area contributed by atoms with Gasteiger partial charge in [0.1, 0.15) is 11.4 Å². The Bertz CT molecular complexity index is 1240. The molecule has 2 amide bonds. The van der Waals surface area contributed by atoms with Crippen LogP contribution in [0.5, 0.6) is 0 Å². The van der Waals surface area contributed by atoms with Gasteiger partial charge in [0.15, 0.2) is 0 Å². The summed E-state index contributed by atoms with van der Waals surface area (Å²) < 4.78 is 20.6. The lowest BCUT2D eigenvalue weighted by molar-refractivity contribution is 0.0295. The van der Waals surface area contributed by atoms with Crippen LogP contribution in [0, 0.1) is 5.82 Å². The number of rotatable bonds is 3. The average molecular weight is 504 g/mol. The second-order valence-electron chi connectivity index (χ2n) is 9.14. The Morgan fingerprint density at radius 3 is 2.68 bits per heavy atom. The highest BCUT2D eigenvalue weighted by atomic mass is 32.2. The predicted molar refractivity (Wildman–Crippen MR) is 141 cm³/mol. The lowest BCUT2D eigenvalue weighted by Crippen LogP contribution is -2.35. The van der Waals surface area contributed by atoms with Crippen molar-refractivity contribution >= 4 is 53.7 Å². The summed E-state index contributed by atoms with van der Waals surface area (Å²) in [6, 6.07) is 8.67. The minimum absolute atomic E-state index is 0. The maximum atomic E-state index is 15.1. The number of likely N-dealkylation sites (tertiary alicyclic amines) is 1. The van der Waals surface area contributed by atoms with Gasteiger partial charge in [-0.3, -0.25) is 4.79 Å². The van der Waals surface area contributed by atoms with Crippen molar-refractivity contribution in [3.63, 3.8) is 0 Å². The van der Waals surface area contributed by atoms with E-state index in [4.69, 9.17) is 4.74 Å². The van der Waals surface area contributed by atoms with E-state index in [1.54, 1.807) is 28.9 Å². The zero-order valence-electron chi connectivity index (χ0n) is 18.6. The van der Waals surface area contributed by atoms with Gasteiger partial charge in [-0.15, -0.1) is 11.8 Å². The Labute approximate surface area is 210 Å². The lowest BCUT2D eigenvalue weighted by atomic mass is 9.97. The molecule has 1 aromatic heterocycles. The average Bonchev–Trinajstić information content (AvgIpc) is 3.45. The van der Waals surface area contributed by atoms with Crippen LogP contribution in [0.2, 0.25) is 0 Å². The standard InChI is InChI=1S/C24H24FN3O3S.CH4.H2S/c1-24(2,3)31-23(30)28-10-8-13(12-28)32-18-11-14(16-5-4-9-26-16)19-21-17(27-22(19)29)7-6-15(25)20(18)21;;/h4-7,9,11,13,26H,8,10,12H2,1-3H3,(H,27,29);1H4;1H2/t13-;;/m0../s1. The van der Waals surface area contributed by atoms with Gasteiger partial charge in [-0.1, -0.05) is 7.43 Å². The number of hydrogen-bond acceptors (Lipinski definition) is 4. The quantitative estimate of drug-likeness (QED) is 0.434. The van der Waals surface area contributed by atoms with Crippen molar-refractivity contribution in [3.8, 4) is 11.3 Å². The van der Waals surface area contributed by atoms with Gasteiger partial charge in [-0.25, -0.2) is 9.18 Å². The summed E-state index contributed by atoms with van der Waals surface area (Å²) in [5.74, 6) is -0.585. The molecule has 6 nitrogen and oxygen atoms in total. The molecule has 1 saturated heterocycles. The fraction of sp³-hybridized carbons (Fsp3) is 0.360. The zero-order valence-corrected chi connectivity index (χ0v) is 20.4. The van der Waals surface area contributed by atoms with Gasteiger partial charge in [0.2, 0.25) is 0 Å². The normalized spacial score (nSPS) is 16.8. The number of benzene rings is 2. The molecule has 9 heteroatoms. The first-order valence-corrected chi connectivity index (χ1v) is 11.5. The number of aromatic nitrogens is 1. The summed E-state index contributed by atoms with van der Waals surface area (Å²) in [6.45, 7) is 6.67. The van der Waals surface area contributed by atoms with Crippen LogP contribution in [0.15, 0.2) is 41.4 Å². The number of hydrogen-bond donors (Lipinski definition) is 2. The molecule has 182 valence electrons. The Morgan fingerprint density at radius 2 is 2.00 bits per heavy atom. The van der Waals surface area contributed by atoms with Gasteiger partial charge in [0.25, 0.3) is 5.91 Å². The molecule has 0 aliphatic carbocycles. The number of nitrogens with one attached hydrogen (secondary N) is 2. The SMILES string of the molecule is C.CC(C)(C)OC(=O)N1CC[C@H](Sc2cc(-c3ccc[nH]3)c3c4c(ccc(F)c24)NC3=O)C1.S. The molecular formula is C25H30FN3O3S2. The van der Waals surface area contributed by atoms with Crippen molar-refractivity contribution in [2.45, 2.75) is 50.4 Å². The number of carbonyl (C=O) groups excluding carboxylic acids is 2. The van der Waals surface area contributed by atoms with Crippen molar-refractivity contribution in [1.82, 2.24) is 9.88 Å². The molecule has 5 rings (SSSR count). The molecule has 0 spiro atoms. The summed E-state index contributed by atoms with van der Waals surface area (Å²) in [5, 5.41) is 4.03. The van der Waals surface area contributed by atoms with Gasteiger partial charge in [0.05, 0.1) is 5.56 Å². The topological polar surface area (TPSA) is 74.4 Å². The van der Waals surface area contributed by atoms with Crippen LogP contribution in [0.4, 0.5) is 14.9 Å². The zero-order chi connectivity index (χ0) is 22.6. The highest BCUT2D eigenvalue weighted by Crippen LogP contribution is 2.46. The highest BCUT2D eigenvalue weighted by Gasteiger charge is 2.33. The van der Waals surface area contributed by atoms with Crippen molar-refractivity contribution in [3.05, 3.63) is 47.9 Å². The van der Waals surface area contributed by atoms with E-state index in [9.17, 15) is 9.59 Å². The second-order valence-corrected chi connectivity index (χ2v) is 10.5. The summed E-state index contributed by atoms with van der Waals surface area (Å²) in [5.41, 5.74) is 2.11. The van der Waals surface area contributed by atoms with Gasteiger partial charge in [-0.05, 0) is 57.5 Å². The molecule has 0 radical (unpaired) electrons. The molecule has 3 heterocycles. The molecule has 1 atom stereocenters. The van der Waals surface area contributed by atoms with Gasteiger partial charge in [0, 0.05) is 57.1 Å². The number of anilines is 1. The molecule has 0 bridgehead atoms. The Morgan fingerprint density at radius 1 is 1.24 bits per heavy atom. The van der Waals surface area contributed by atoms with E-state index in [1.165, 1.54) is 6.07 Å². The summed E-state index contributed by atoms with van der Waals surface area (Å²) in [6.07, 6.45) is 2.26. The first-order chi connectivity index (χ1) is 15.2. The van der Waals surface area contributed by atoms with E-state index in [1.807, 2.05) is 39.0 Å². The van der Waals surface area contributed by atoms with Crippen molar-refractivity contribution < 1.29 is 18.7 Å². The third-order valence-electron chi connectivity index (χ3n) is 5.65. The molecule has 2 aliphatic rings. The van der Waals surface area contributed by atoms with Crippen LogP contribution >= 0.6 is 25.3 Å². The van der Waals surface area contributed by atoms with Crippen molar-refractivity contribution in [2.24, 2.45) is 0 Å². The third-order valence-corrected chi connectivity index (χ3v) is 6.94. The Hall–Kier alpha value is -2.65. The van der Waals surface area contributed by atoms with E-state index in [-0.39, 0.29) is 44.0 Å². The van der Waals surface area contributed by atoms with E-state index >= 15 is 4.39 Å². The molecule has 0 saturated carbocycles. The largest absolute Gasteiger partial charge is 0.444 e. The van der Waals surface area contributed by atoms with E-state index in [0.29, 0.717) is 35.1 Å². The van der Waals surface area contributed by atoms with Crippen LogP contribution in [-0.2, 0) is 4.74 Å². The summed E-state index contributed by atoms with van der Waals surface area (Å²) >= 11 is 1.55. The second kappa shape index (κ2) is 9.54. The van der Waals surface area contributed by atoms with E-state index < -0.39 is 5.60 Å². The number of amides is 2. The molecule has 1 fully saturated rings. The Balaban J connectivity index is 0.00000162. The fourth-order valence-corrected chi connectivity index (χ4v) is 5.65. The number of aromatic amines is 1. The van der Waals surface area contributed by atoms with Crippen LogP contribution in [0.3, 0.4) is 0 Å².